The van der Waals surface area contributed by atoms with Crippen LogP contribution in [0.5, 0.6) is 0 Å². The molecule has 0 aromatic carbocycles. The Morgan fingerprint density at radius 2 is 2.12 bits per heavy atom. The highest BCUT2D eigenvalue weighted by Gasteiger charge is 2.20. The standard InChI is InChI=1S/C11H13ClN4/c12-8-5-9-11(14-6-8)10(16-15-9)7-1-3-13-4-2-7/h5-7,13H,1-4H2,(H,15,16). The molecule has 0 saturated carbocycles. The van der Waals surface area contributed by atoms with Crippen LogP contribution < -0.4 is 5.32 Å². The first-order chi connectivity index (χ1) is 7.84. The van der Waals surface area contributed by atoms with Crippen molar-refractivity contribution in [3.63, 3.8) is 0 Å². The predicted molar refractivity (Wildman–Crippen MR) is 63.7 cm³/mol. The maximum atomic E-state index is 5.89. The van der Waals surface area contributed by atoms with Gasteiger partial charge in [-0.2, -0.15) is 5.10 Å². The Hall–Kier alpha value is -1.13. The molecule has 0 unspecified atom stereocenters. The number of nitrogens with one attached hydrogen (secondary N) is 2. The van der Waals surface area contributed by atoms with E-state index in [0.29, 0.717) is 10.9 Å². The maximum Gasteiger partial charge on any atom is 0.112 e. The summed E-state index contributed by atoms with van der Waals surface area (Å²) in [5, 5.41) is 11.4. The number of pyridine rings is 1. The zero-order valence-corrected chi connectivity index (χ0v) is 9.59. The largest absolute Gasteiger partial charge is 0.317 e. The fourth-order valence-corrected chi connectivity index (χ4v) is 2.44. The van der Waals surface area contributed by atoms with Gasteiger partial charge < -0.3 is 5.32 Å². The molecule has 4 nitrogen and oxygen atoms in total. The number of aromatic nitrogens is 3. The molecule has 0 aliphatic carbocycles. The summed E-state index contributed by atoms with van der Waals surface area (Å²) in [5.74, 6) is 0.542. The van der Waals surface area contributed by atoms with E-state index in [4.69, 9.17) is 11.6 Å². The van der Waals surface area contributed by atoms with Crippen LogP contribution in [0.1, 0.15) is 24.5 Å². The summed E-state index contributed by atoms with van der Waals surface area (Å²) < 4.78 is 0. The fraction of sp³-hybridized carbons (Fsp3) is 0.455. The minimum Gasteiger partial charge on any atom is -0.317 e. The average Bonchev–Trinajstić information content (AvgIpc) is 2.73. The van der Waals surface area contributed by atoms with Crippen molar-refractivity contribution in [1.29, 1.82) is 0 Å². The van der Waals surface area contributed by atoms with Gasteiger partial charge in [-0.3, -0.25) is 10.1 Å². The molecule has 5 heteroatoms. The van der Waals surface area contributed by atoms with Gasteiger partial charge in [-0.05, 0) is 32.0 Å². The molecule has 1 fully saturated rings. The van der Waals surface area contributed by atoms with Crippen molar-refractivity contribution in [3.8, 4) is 0 Å². The van der Waals surface area contributed by atoms with E-state index < -0.39 is 0 Å². The summed E-state index contributed by atoms with van der Waals surface area (Å²) in [7, 11) is 0. The summed E-state index contributed by atoms with van der Waals surface area (Å²) in [6, 6.07) is 1.85. The lowest BCUT2D eigenvalue weighted by molar-refractivity contribution is 0.454. The van der Waals surface area contributed by atoms with Crippen molar-refractivity contribution in [2.24, 2.45) is 0 Å². The highest BCUT2D eigenvalue weighted by atomic mass is 35.5. The van der Waals surface area contributed by atoms with Crippen LogP contribution >= 0.6 is 11.6 Å². The summed E-state index contributed by atoms with van der Waals surface area (Å²) in [6.07, 6.45) is 3.97. The molecule has 0 spiro atoms. The van der Waals surface area contributed by atoms with E-state index in [1.807, 2.05) is 6.07 Å². The number of hydrogen-bond donors (Lipinski definition) is 2. The smallest absolute Gasteiger partial charge is 0.112 e. The van der Waals surface area contributed by atoms with Gasteiger partial charge in [0.1, 0.15) is 11.0 Å². The number of halogens is 1. The highest BCUT2D eigenvalue weighted by Crippen LogP contribution is 2.28. The Morgan fingerprint density at radius 3 is 2.94 bits per heavy atom. The SMILES string of the molecule is Clc1cnc2c(C3CCNCC3)[nH]nc2c1. The van der Waals surface area contributed by atoms with Gasteiger partial charge in [0.05, 0.1) is 10.7 Å². The van der Waals surface area contributed by atoms with Gasteiger partial charge in [-0.15, -0.1) is 0 Å². The molecule has 1 saturated heterocycles. The minimum absolute atomic E-state index is 0.542. The number of aromatic amines is 1. The van der Waals surface area contributed by atoms with Gasteiger partial charge in [0.15, 0.2) is 0 Å². The van der Waals surface area contributed by atoms with Crippen molar-refractivity contribution >= 4 is 22.6 Å². The van der Waals surface area contributed by atoms with Crippen LogP contribution in [0.4, 0.5) is 0 Å². The van der Waals surface area contributed by atoms with Crippen molar-refractivity contribution in [1.82, 2.24) is 20.5 Å². The molecule has 2 aromatic rings. The van der Waals surface area contributed by atoms with Crippen LogP contribution in [0.2, 0.25) is 5.02 Å². The molecule has 16 heavy (non-hydrogen) atoms. The van der Waals surface area contributed by atoms with Crippen molar-refractivity contribution < 1.29 is 0 Å². The zero-order valence-electron chi connectivity index (χ0n) is 8.83. The number of nitrogens with zero attached hydrogens (tertiary/aromatic N) is 2. The second-order valence-electron chi connectivity index (χ2n) is 4.18. The van der Waals surface area contributed by atoms with Gasteiger partial charge in [0.25, 0.3) is 0 Å². The lowest BCUT2D eigenvalue weighted by Gasteiger charge is -2.21. The summed E-state index contributed by atoms with van der Waals surface area (Å²) in [5.41, 5.74) is 2.99. The minimum atomic E-state index is 0.542. The van der Waals surface area contributed by atoms with Crippen LogP contribution in [0, 0.1) is 0 Å². The molecule has 1 aliphatic heterocycles. The van der Waals surface area contributed by atoms with Crippen LogP contribution in [-0.4, -0.2) is 28.3 Å². The lowest BCUT2D eigenvalue weighted by Crippen LogP contribution is -2.26. The molecule has 0 amide bonds. The topological polar surface area (TPSA) is 53.6 Å². The Balaban J connectivity index is 2.03. The molecular formula is C11H13ClN4. The normalized spacial score (nSPS) is 18.1. The fourth-order valence-electron chi connectivity index (χ4n) is 2.29. The van der Waals surface area contributed by atoms with Gasteiger partial charge in [-0.1, -0.05) is 11.6 Å². The Morgan fingerprint density at radius 1 is 1.31 bits per heavy atom. The van der Waals surface area contributed by atoms with E-state index in [2.05, 4.69) is 20.5 Å². The van der Waals surface area contributed by atoms with Gasteiger partial charge in [0, 0.05) is 12.1 Å². The molecule has 2 N–H and O–H groups in total. The summed E-state index contributed by atoms with van der Waals surface area (Å²) >= 11 is 5.89. The number of fused-ring (bicyclic) bond motifs is 1. The number of rotatable bonds is 1. The molecule has 2 aromatic heterocycles. The monoisotopic (exact) mass is 236 g/mol. The molecule has 0 bridgehead atoms. The number of hydrogen-bond acceptors (Lipinski definition) is 3. The highest BCUT2D eigenvalue weighted by molar-refractivity contribution is 6.31. The van der Waals surface area contributed by atoms with Crippen molar-refractivity contribution in [2.75, 3.05) is 13.1 Å². The lowest BCUT2D eigenvalue weighted by atomic mass is 9.94. The third-order valence-corrected chi connectivity index (χ3v) is 3.34. The number of H-pyrrole nitrogens is 1. The quantitative estimate of drug-likeness (QED) is 0.797. The third-order valence-electron chi connectivity index (χ3n) is 3.13. The van der Waals surface area contributed by atoms with Gasteiger partial charge >= 0.3 is 0 Å². The molecular weight excluding hydrogens is 224 g/mol. The van der Waals surface area contributed by atoms with E-state index in [-0.39, 0.29) is 0 Å². The van der Waals surface area contributed by atoms with Crippen LogP contribution in [0.25, 0.3) is 11.0 Å². The average molecular weight is 237 g/mol. The molecule has 0 atom stereocenters. The molecule has 0 radical (unpaired) electrons. The Labute approximate surface area is 98.4 Å². The van der Waals surface area contributed by atoms with Crippen LogP contribution in [0.15, 0.2) is 12.3 Å². The molecule has 3 heterocycles. The molecule has 84 valence electrons. The van der Waals surface area contributed by atoms with E-state index in [1.54, 1.807) is 6.20 Å². The van der Waals surface area contributed by atoms with Crippen molar-refractivity contribution in [2.45, 2.75) is 18.8 Å². The first-order valence-corrected chi connectivity index (χ1v) is 5.92. The van der Waals surface area contributed by atoms with Gasteiger partial charge in [-0.25, -0.2) is 0 Å². The third kappa shape index (κ3) is 1.68. The predicted octanol–water partition coefficient (Wildman–Crippen LogP) is 2.08. The van der Waals surface area contributed by atoms with Crippen LogP contribution in [-0.2, 0) is 0 Å². The van der Waals surface area contributed by atoms with E-state index in [0.717, 1.165) is 42.7 Å². The number of piperidine rings is 1. The van der Waals surface area contributed by atoms with E-state index in [9.17, 15) is 0 Å². The second-order valence-corrected chi connectivity index (χ2v) is 4.62. The molecule has 1 aliphatic rings. The zero-order chi connectivity index (χ0) is 11.0. The van der Waals surface area contributed by atoms with Crippen LogP contribution in [0.3, 0.4) is 0 Å². The van der Waals surface area contributed by atoms with E-state index in [1.165, 1.54) is 0 Å². The first-order valence-electron chi connectivity index (χ1n) is 5.55. The Kier molecular flexibility index (Phi) is 2.53. The second kappa shape index (κ2) is 4.03. The van der Waals surface area contributed by atoms with Gasteiger partial charge in [0.2, 0.25) is 0 Å². The summed E-state index contributed by atoms with van der Waals surface area (Å²) in [4.78, 5) is 4.37. The maximum absolute atomic E-state index is 5.89. The van der Waals surface area contributed by atoms with E-state index >= 15 is 0 Å². The van der Waals surface area contributed by atoms with Crippen molar-refractivity contribution in [3.05, 3.63) is 23.0 Å². The summed E-state index contributed by atoms with van der Waals surface area (Å²) in [6.45, 7) is 2.14. The first kappa shape index (κ1) is 10.1. The Bertz CT molecular complexity index is 502. The molecule has 3 rings (SSSR count).